The number of nitrogens with one attached hydrogen (secondary N) is 1. The van der Waals surface area contributed by atoms with Gasteiger partial charge in [0.15, 0.2) is 0 Å². The molecule has 0 amide bonds. The summed E-state index contributed by atoms with van der Waals surface area (Å²) in [4.78, 5) is 4.08. The van der Waals surface area contributed by atoms with E-state index in [1.165, 1.54) is 5.56 Å². The third-order valence-electron chi connectivity index (χ3n) is 4.47. The van der Waals surface area contributed by atoms with Crippen molar-refractivity contribution in [2.75, 3.05) is 0 Å². The van der Waals surface area contributed by atoms with Crippen LogP contribution in [0.15, 0.2) is 43.0 Å². The first kappa shape index (κ1) is 14.1. The van der Waals surface area contributed by atoms with E-state index in [2.05, 4.69) is 49.3 Å². The normalized spacial score (nSPS) is 17.2. The van der Waals surface area contributed by atoms with Gasteiger partial charge in [-0.1, -0.05) is 12.1 Å². The SMILES string of the molecule is Cc1nnc2n1CC(NCc1ccc(-n3ccnc3)cc1)CC2. The molecule has 6 heteroatoms. The van der Waals surface area contributed by atoms with Gasteiger partial charge in [0.25, 0.3) is 0 Å². The minimum absolute atomic E-state index is 0.477. The van der Waals surface area contributed by atoms with Crippen molar-refractivity contribution in [3.63, 3.8) is 0 Å². The van der Waals surface area contributed by atoms with Crippen LogP contribution >= 0.6 is 0 Å². The summed E-state index contributed by atoms with van der Waals surface area (Å²) in [5, 5.41) is 12.0. The number of fused-ring (bicyclic) bond motifs is 1. The molecule has 1 aliphatic heterocycles. The lowest BCUT2D eigenvalue weighted by Gasteiger charge is -2.25. The third kappa shape index (κ3) is 2.90. The quantitative estimate of drug-likeness (QED) is 0.799. The summed E-state index contributed by atoms with van der Waals surface area (Å²) in [7, 11) is 0. The Morgan fingerprint density at radius 3 is 2.87 bits per heavy atom. The van der Waals surface area contributed by atoms with Crippen LogP contribution in [0.25, 0.3) is 5.69 Å². The second-order valence-corrected chi connectivity index (χ2v) is 6.03. The van der Waals surface area contributed by atoms with Gasteiger partial charge in [-0.2, -0.15) is 0 Å². The second kappa shape index (κ2) is 5.96. The van der Waals surface area contributed by atoms with E-state index < -0.39 is 0 Å². The van der Waals surface area contributed by atoms with Crippen LogP contribution in [0.4, 0.5) is 0 Å². The average Bonchev–Trinajstić information content (AvgIpc) is 3.24. The van der Waals surface area contributed by atoms with E-state index in [-0.39, 0.29) is 0 Å². The number of imidazole rings is 1. The standard InChI is InChI=1S/C17H20N6/c1-13-20-21-17-7-4-15(11-23(13)17)19-10-14-2-5-16(6-3-14)22-9-8-18-12-22/h2-3,5-6,8-9,12,15,19H,4,7,10-11H2,1H3. The van der Waals surface area contributed by atoms with E-state index in [1.807, 2.05) is 24.0 Å². The highest BCUT2D eigenvalue weighted by Gasteiger charge is 2.20. The second-order valence-electron chi connectivity index (χ2n) is 6.03. The van der Waals surface area contributed by atoms with E-state index in [0.29, 0.717) is 6.04 Å². The Labute approximate surface area is 135 Å². The van der Waals surface area contributed by atoms with Gasteiger partial charge in [0.2, 0.25) is 0 Å². The molecule has 3 aromatic rings. The number of hydrogen-bond acceptors (Lipinski definition) is 4. The van der Waals surface area contributed by atoms with Crippen molar-refractivity contribution in [1.29, 1.82) is 0 Å². The van der Waals surface area contributed by atoms with E-state index in [9.17, 15) is 0 Å². The Kier molecular flexibility index (Phi) is 3.67. The number of aryl methyl sites for hydroxylation is 2. The Morgan fingerprint density at radius 2 is 2.09 bits per heavy atom. The minimum atomic E-state index is 0.477. The molecule has 0 saturated carbocycles. The maximum atomic E-state index is 4.22. The zero-order chi connectivity index (χ0) is 15.6. The smallest absolute Gasteiger partial charge is 0.133 e. The summed E-state index contributed by atoms with van der Waals surface area (Å²) < 4.78 is 4.23. The lowest BCUT2D eigenvalue weighted by molar-refractivity contribution is 0.375. The molecule has 6 nitrogen and oxygen atoms in total. The average molecular weight is 308 g/mol. The van der Waals surface area contributed by atoms with E-state index in [0.717, 1.165) is 43.3 Å². The van der Waals surface area contributed by atoms with Crippen molar-refractivity contribution in [1.82, 2.24) is 29.6 Å². The van der Waals surface area contributed by atoms with Crippen LogP contribution in [0.3, 0.4) is 0 Å². The van der Waals surface area contributed by atoms with Crippen molar-refractivity contribution in [2.24, 2.45) is 0 Å². The van der Waals surface area contributed by atoms with Crippen LogP contribution < -0.4 is 5.32 Å². The molecule has 1 unspecified atom stereocenters. The first-order valence-corrected chi connectivity index (χ1v) is 7.99. The highest BCUT2D eigenvalue weighted by molar-refractivity contribution is 5.34. The molecule has 0 saturated heterocycles. The third-order valence-corrected chi connectivity index (χ3v) is 4.47. The fourth-order valence-corrected chi connectivity index (χ4v) is 3.09. The Bertz CT molecular complexity index is 772. The first-order valence-electron chi connectivity index (χ1n) is 7.99. The summed E-state index contributed by atoms with van der Waals surface area (Å²) in [5.74, 6) is 2.13. The molecule has 0 spiro atoms. The van der Waals surface area contributed by atoms with Crippen LogP contribution in [0, 0.1) is 6.92 Å². The van der Waals surface area contributed by atoms with Crippen molar-refractivity contribution in [3.8, 4) is 5.69 Å². The zero-order valence-electron chi connectivity index (χ0n) is 13.2. The monoisotopic (exact) mass is 308 g/mol. The predicted octanol–water partition coefficient (Wildman–Crippen LogP) is 1.88. The molecular formula is C17H20N6. The molecule has 0 radical (unpaired) electrons. The number of rotatable bonds is 4. The molecule has 118 valence electrons. The highest BCUT2D eigenvalue weighted by atomic mass is 15.3. The van der Waals surface area contributed by atoms with Crippen molar-refractivity contribution >= 4 is 0 Å². The molecule has 1 N–H and O–H groups in total. The molecular weight excluding hydrogens is 288 g/mol. The molecule has 0 aliphatic carbocycles. The molecule has 2 aromatic heterocycles. The first-order chi connectivity index (χ1) is 11.3. The summed E-state index contributed by atoms with van der Waals surface area (Å²) in [6.45, 7) is 3.86. The lowest BCUT2D eigenvalue weighted by Crippen LogP contribution is -2.37. The maximum absolute atomic E-state index is 4.22. The van der Waals surface area contributed by atoms with Gasteiger partial charge in [-0.25, -0.2) is 4.98 Å². The Balaban J connectivity index is 1.37. The number of benzene rings is 1. The summed E-state index contributed by atoms with van der Waals surface area (Å²) in [6, 6.07) is 9.07. The zero-order valence-corrected chi connectivity index (χ0v) is 13.2. The van der Waals surface area contributed by atoms with Crippen molar-refractivity contribution in [3.05, 3.63) is 60.2 Å². The van der Waals surface area contributed by atoms with Gasteiger partial charge in [0.05, 0.1) is 6.33 Å². The number of aromatic nitrogens is 5. The summed E-state index contributed by atoms with van der Waals surface area (Å²) >= 11 is 0. The van der Waals surface area contributed by atoms with Gasteiger partial charge in [-0.05, 0) is 31.0 Å². The molecule has 1 aliphatic rings. The van der Waals surface area contributed by atoms with Crippen LogP contribution in [0.5, 0.6) is 0 Å². The topological polar surface area (TPSA) is 60.6 Å². The van der Waals surface area contributed by atoms with Crippen LogP contribution in [0.2, 0.25) is 0 Å². The minimum Gasteiger partial charge on any atom is -0.314 e. The van der Waals surface area contributed by atoms with Gasteiger partial charge in [0, 0.05) is 43.6 Å². The predicted molar refractivity (Wildman–Crippen MR) is 87.3 cm³/mol. The van der Waals surface area contributed by atoms with E-state index >= 15 is 0 Å². The van der Waals surface area contributed by atoms with Crippen molar-refractivity contribution < 1.29 is 0 Å². The number of nitrogens with zero attached hydrogens (tertiary/aromatic N) is 5. The van der Waals surface area contributed by atoms with Crippen molar-refractivity contribution in [2.45, 2.75) is 38.9 Å². The molecule has 0 fully saturated rings. The van der Waals surface area contributed by atoms with E-state index in [4.69, 9.17) is 0 Å². The fraction of sp³-hybridized carbons (Fsp3) is 0.353. The Hall–Kier alpha value is -2.47. The molecule has 4 rings (SSSR count). The molecule has 1 atom stereocenters. The molecule has 23 heavy (non-hydrogen) atoms. The molecule has 1 aromatic carbocycles. The van der Waals surface area contributed by atoms with E-state index in [1.54, 1.807) is 6.20 Å². The van der Waals surface area contributed by atoms with Gasteiger partial charge in [-0.15, -0.1) is 10.2 Å². The van der Waals surface area contributed by atoms with Crippen LogP contribution in [-0.4, -0.2) is 30.4 Å². The largest absolute Gasteiger partial charge is 0.314 e. The van der Waals surface area contributed by atoms with Gasteiger partial charge in [-0.3, -0.25) is 0 Å². The summed E-state index contributed by atoms with van der Waals surface area (Å²) in [6.07, 6.45) is 7.67. The summed E-state index contributed by atoms with van der Waals surface area (Å²) in [5.41, 5.74) is 2.42. The van der Waals surface area contributed by atoms with Gasteiger partial charge in [0.1, 0.15) is 11.6 Å². The lowest BCUT2D eigenvalue weighted by atomic mass is 10.1. The fourth-order valence-electron chi connectivity index (χ4n) is 3.09. The van der Waals surface area contributed by atoms with Crippen LogP contribution in [-0.2, 0) is 19.5 Å². The molecule has 3 heterocycles. The molecule has 0 bridgehead atoms. The Morgan fingerprint density at radius 1 is 1.22 bits per heavy atom. The number of hydrogen-bond donors (Lipinski definition) is 1. The van der Waals surface area contributed by atoms with Gasteiger partial charge < -0.3 is 14.5 Å². The van der Waals surface area contributed by atoms with Crippen LogP contribution in [0.1, 0.15) is 23.6 Å². The maximum Gasteiger partial charge on any atom is 0.133 e. The van der Waals surface area contributed by atoms with Gasteiger partial charge >= 0.3 is 0 Å². The highest BCUT2D eigenvalue weighted by Crippen LogP contribution is 2.15.